The van der Waals surface area contributed by atoms with Crippen molar-refractivity contribution in [2.24, 2.45) is 0 Å². The Balaban J connectivity index is 2.10. The molecule has 108 valence electrons. The normalized spacial score (nSPS) is 21.9. The molecule has 0 unspecified atom stereocenters. The molecule has 0 radical (unpaired) electrons. The molecule has 2 heterocycles. The summed E-state index contributed by atoms with van der Waals surface area (Å²) < 4.78 is 39.1. The van der Waals surface area contributed by atoms with Gasteiger partial charge in [-0.1, -0.05) is 12.1 Å². The topological polar surface area (TPSA) is 32.3 Å². The van der Waals surface area contributed by atoms with Gasteiger partial charge >= 0.3 is 6.18 Å². The molecule has 0 aliphatic carbocycles. The Kier molecular flexibility index (Phi) is 2.83. The molecule has 0 saturated carbocycles. The second kappa shape index (κ2) is 4.22. The number of hydrogen-bond acceptors (Lipinski definition) is 2. The summed E-state index contributed by atoms with van der Waals surface area (Å²) in [5, 5.41) is 2.47. The molecule has 3 rings (SSSR count). The lowest BCUT2D eigenvalue weighted by molar-refractivity contribution is -0.136. The van der Waals surface area contributed by atoms with E-state index in [-0.39, 0.29) is 11.6 Å². The van der Waals surface area contributed by atoms with Gasteiger partial charge in [-0.05, 0) is 44.6 Å². The molecule has 1 fully saturated rings. The second-order valence-electron chi connectivity index (χ2n) is 5.57. The summed E-state index contributed by atoms with van der Waals surface area (Å²) in [5.41, 5.74) is -1.08. The molecular formula is C14H15F3N2O. The van der Waals surface area contributed by atoms with E-state index in [0.717, 1.165) is 6.07 Å². The number of hydrogen-bond donors (Lipinski definition) is 1. The number of piperidine rings is 1. The molecule has 2 aliphatic rings. The van der Waals surface area contributed by atoms with Crippen molar-refractivity contribution >= 4 is 11.6 Å². The molecule has 1 spiro atoms. The number of amides is 1. The highest BCUT2D eigenvalue weighted by Crippen LogP contribution is 2.49. The summed E-state index contributed by atoms with van der Waals surface area (Å²) in [7, 11) is 1.95. The van der Waals surface area contributed by atoms with Crippen molar-refractivity contribution in [3.05, 3.63) is 29.3 Å². The highest BCUT2D eigenvalue weighted by atomic mass is 19.4. The lowest BCUT2D eigenvalue weighted by atomic mass is 9.73. The van der Waals surface area contributed by atoms with Gasteiger partial charge in [-0.15, -0.1) is 0 Å². The summed E-state index contributed by atoms with van der Waals surface area (Å²) in [6.45, 7) is 1.42. The summed E-state index contributed by atoms with van der Waals surface area (Å²) in [6.07, 6.45) is -3.33. The van der Waals surface area contributed by atoms with Gasteiger partial charge in [-0.25, -0.2) is 0 Å². The molecule has 1 aromatic carbocycles. The molecule has 1 saturated heterocycles. The van der Waals surface area contributed by atoms with Gasteiger partial charge in [-0.2, -0.15) is 13.2 Å². The van der Waals surface area contributed by atoms with Crippen LogP contribution in [0.15, 0.2) is 18.2 Å². The van der Waals surface area contributed by atoms with Gasteiger partial charge in [0.15, 0.2) is 0 Å². The van der Waals surface area contributed by atoms with Crippen molar-refractivity contribution in [3.63, 3.8) is 0 Å². The first kappa shape index (κ1) is 13.4. The van der Waals surface area contributed by atoms with Crippen LogP contribution < -0.4 is 5.32 Å². The van der Waals surface area contributed by atoms with Crippen LogP contribution in [0, 0.1) is 0 Å². The molecule has 0 aromatic heterocycles. The predicted octanol–water partition coefficient (Wildman–Crippen LogP) is 2.62. The minimum absolute atomic E-state index is 0.0467. The summed E-state index contributed by atoms with van der Waals surface area (Å²) in [6, 6.07) is 4.06. The minimum Gasteiger partial charge on any atom is -0.324 e. The van der Waals surface area contributed by atoms with E-state index in [2.05, 4.69) is 10.2 Å². The van der Waals surface area contributed by atoms with Crippen molar-refractivity contribution in [2.45, 2.75) is 24.4 Å². The maximum atomic E-state index is 13.0. The number of rotatable bonds is 0. The second-order valence-corrected chi connectivity index (χ2v) is 5.57. The SMILES string of the molecule is CN1CCC2(CC1)C(=O)Nc1c(C(F)(F)F)cccc12. The fraction of sp³-hybridized carbons (Fsp3) is 0.500. The Morgan fingerprint density at radius 2 is 1.90 bits per heavy atom. The van der Waals surface area contributed by atoms with Crippen molar-refractivity contribution in [1.82, 2.24) is 4.90 Å². The maximum Gasteiger partial charge on any atom is 0.418 e. The van der Waals surface area contributed by atoms with Crippen LogP contribution >= 0.6 is 0 Å². The van der Waals surface area contributed by atoms with Gasteiger partial charge in [0.05, 0.1) is 16.7 Å². The maximum absolute atomic E-state index is 13.0. The first-order chi connectivity index (χ1) is 9.34. The minimum atomic E-state index is -4.45. The average molecular weight is 284 g/mol. The third-order valence-electron chi connectivity index (χ3n) is 4.40. The number of nitrogens with zero attached hydrogens (tertiary/aromatic N) is 1. The Bertz CT molecular complexity index is 560. The third-order valence-corrected chi connectivity index (χ3v) is 4.40. The van der Waals surface area contributed by atoms with Crippen molar-refractivity contribution in [3.8, 4) is 0 Å². The third kappa shape index (κ3) is 1.82. The van der Waals surface area contributed by atoms with E-state index in [1.54, 1.807) is 6.07 Å². The lowest BCUT2D eigenvalue weighted by Crippen LogP contribution is -2.45. The van der Waals surface area contributed by atoms with E-state index in [1.807, 2.05) is 7.05 Å². The van der Waals surface area contributed by atoms with E-state index in [1.165, 1.54) is 6.07 Å². The van der Waals surface area contributed by atoms with Crippen LogP contribution in [0.3, 0.4) is 0 Å². The average Bonchev–Trinajstić information content (AvgIpc) is 2.65. The van der Waals surface area contributed by atoms with E-state index in [0.29, 0.717) is 31.5 Å². The Morgan fingerprint density at radius 1 is 1.25 bits per heavy atom. The quantitative estimate of drug-likeness (QED) is 0.794. The molecule has 20 heavy (non-hydrogen) atoms. The molecule has 0 bridgehead atoms. The van der Waals surface area contributed by atoms with Crippen LogP contribution in [0.1, 0.15) is 24.0 Å². The number of para-hydroxylation sites is 1. The molecule has 1 aromatic rings. The predicted molar refractivity (Wildman–Crippen MR) is 68.5 cm³/mol. The number of alkyl halides is 3. The summed E-state index contributed by atoms with van der Waals surface area (Å²) in [5.74, 6) is -0.294. The standard InChI is InChI=1S/C14H15F3N2O/c1-19-7-5-13(6-8-19)9-3-2-4-10(14(15,16)17)11(9)18-12(13)20/h2-4H,5-8H2,1H3,(H,18,20). The van der Waals surface area contributed by atoms with E-state index < -0.39 is 17.2 Å². The first-order valence-electron chi connectivity index (χ1n) is 6.55. The zero-order chi connectivity index (χ0) is 14.5. The number of benzene rings is 1. The number of halogens is 3. The lowest BCUT2D eigenvalue weighted by Gasteiger charge is -2.36. The van der Waals surface area contributed by atoms with Crippen molar-refractivity contribution < 1.29 is 18.0 Å². The molecule has 2 aliphatic heterocycles. The van der Waals surface area contributed by atoms with Crippen molar-refractivity contribution in [2.75, 3.05) is 25.5 Å². The van der Waals surface area contributed by atoms with Crippen LogP contribution in [-0.2, 0) is 16.4 Å². The molecule has 1 N–H and O–H groups in total. The van der Waals surface area contributed by atoms with Gasteiger partial charge in [0.25, 0.3) is 0 Å². The Morgan fingerprint density at radius 3 is 2.50 bits per heavy atom. The van der Waals surface area contributed by atoms with Crippen LogP contribution in [0.2, 0.25) is 0 Å². The van der Waals surface area contributed by atoms with Gasteiger partial charge in [0.2, 0.25) is 5.91 Å². The van der Waals surface area contributed by atoms with E-state index in [9.17, 15) is 18.0 Å². The van der Waals surface area contributed by atoms with Gasteiger partial charge in [0, 0.05) is 0 Å². The van der Waals surface area contributed by atoms with Crippen LogP contribution in [-0.4, -0.2) is 30.9 Å². The highest BCUT2D eigenvalue weighted by molar-refractivity contribution is 6.07. The van der Waals surface area contributed by atoms with Gasteiger partial charge in [0.1, 0.15) is 0 Å². The fourth-order valence-corrected chi connectivity index (χ4v) is 3.17. The van der Waals surface area contributed by atoms with Gasteiger partial charge < -0.3 is 10.2 Å². The molecule has 0 atom stereocenters. The summed E-state index contributed by atoms with van der Waals surface area (Å²) in [4.78, 5) is 14.4. The summed E-state index contributed by atoms with van der Waals surface area (Å²) >= 11 is 0. The smallest absolute Gasteiger partial charge is 0.324 e. The van der Waals surface area contributed by atoms with E-state index in [4.69, 9.17) is 0 Å². The van der Waals surface area contributed by atoms with Crippen LogP contribution in [0.5, 0.6) is 0 Å². The number of anilines is 1. The molecule has 3 nitrogen and oxygen atoms in total. The van der Waals surface area contributed by atoms with Crippen LogP contribution in [0.25, 0.3) is 0 Å². The number of fused-ring (bicyclic) bond motifs is 2. The first-order valence-corrected chi connectivity index (χ1v) is 6.55. The van der Waals surface area contributed by atoms with Crippen molar-refractivity contribution in [1.29, 1.82) is 0 Å². The largest absolute Gasteiger partial charge is 0.418 e. The Labute approximate surface area is 114 Å². The molecular weight excluding hydrogens is 269 g/mol. The fourth-order valence-electron chi connectivity index (χ4n) is 3.17. The Hall–Kier alpha value is -1.56. The number of carbonyl (C=O) groups is 1. The van der Waals surface area contributed by atoms with E-state index >= 15 is 0 Å². The molecule has 1 amide bonds. The van der Waals surface area contributed by atoms with Crippen LogP contribution in [0.4, 0.5) is 18.9 Å². The highest BCUT2D eigenvalue weighted by Gasteiger charge is 2.50. The number of carbonyl (C=O) groups excluding carboxylic acids is 1. The number of likely N-dealkylation sites (tertiary alicyclic amines) is 1. The molecule has 6 heteroatoms. The number of nitrogens with one attached hydrogen (secondary N) is 1. The monoisotopic (exact) mass is 284 g/mol. The zero-order valence-corrected chi connectivity index (χ0v) is 11.0. The van der Waals surface area contributed by atoms with Gasteiger partial charge in [-0.3, -0.25) is 4.79 Å². The zero-order valence-electron chi connectivity index (χ0n) is 11.0.